The standard InChI is InChI=1S/C38H24N6/c1-4-12-25(13-5-1)36-40-37(26-14-6-2-7-15-26)42-38(41-36)44-31-19-11-10-18-28(31)29-20-21-33-34(35(29)44)30-24-39-23-22-32(30)43(33)27-16-8-3-9-17-27/h1-24H. The summed E-state index contributed by atoms with van der Waals surface area (Å²) in [6.07, 6.45) is 3.83. The van der Waals surface area contributed by atoms with E-state index in [-0.39, 0.29) is 0 Å². The minimum atomic E-state index is 0.570. The zero-order valence-corrected chi connectivity index (χ0v) is 23.5. The summed E-state index contributed by atoms with van der Waals surface area (Å²) in [6, 6.07) is 45.7. The lowest BCUT2D eigenvalue weighted by Crippen LogP contribution is -2.06. The maximum absolute atomic E-state index is 5.14. The first kappa shape index (κ1) is 24.5. The van der Waals surface area contributed by atoms with Crippen LogP contribution in [0.2, 0.25) is 0 Å². The smallest absolute Gasteiger partial charge is 0.238 e. The molecular weight excluding hydrogens is 540 g/mol. The van der Waals surface area contributed by atoms with E-state index in [4.69, 9.17) is 15.0 Å². The topological polar surface area (TPSA) is 61.4 Å². The van der Waals surface area contributed by atoms with Crippen molar-refractivity contribution >= 4 is 43.6 Å². The number of para-hydroxylation sites is 2. The third-order valence-corrected chi connectivity index (χ3v) is 8.27. The van der Waals surface area contributed by atoms with E-state index in [9.17, 15) is 0 Å². The molecule has 0 amide bonds. The Morgan fingerprint density at radius 3 is 1.75 bits per heavy atom. The van der Waals surface area contributed by atoms with Gasteiger partial charge in [-0.2, -0.15) is 9.97 Å². The first-order chi connectivity index (χ1) is 21.8. The first-order valence-corrected chi connectivity index (χ1v) is 14.6. The van der Waals surface area contributed by atoms with Crippen LogP contribution < -0.4 is 0 Å². The van der Waals surface area contributed by atoms with E-state index in [2.05, 4.69) is 80.8 Å². The maximum atomic E-state index is 5.14. The quantitative estimate of drug-likeness (QED) is 0.214. The highest BCUT2D eigenvalue weighted by Gasteiger charge is 2.23. The van der Waals surface area contributed by atoms with E-state index in [0.29, 0.717) is 17.6 Å². The highest BCUT2D eigenvalue weighted by molar-refractivity contribution is 6.25. The third kappa shape index (κ3) is 3.68. The Kier molecular flexibility index (Phi) is 5.40. The van der Waals surface area contributed by atoms with Crippen molar-refractivity contribution < 1.29 is 0 Å². The van der Waals surface area contributed by atoms with Crippen LogP contribution >= 0.6 is 0 Å². The predicted molar refractivity (Wildman–Crippen MR) is 177 cm³/mol. The summed E-state index contributed by atoms with van der Waals surface area (Å²) >= 11 is 0. The fourth-order valence-electron chi connectivity index (χ4n) is 6.36. The maximum Gasteiger partial charge on any atom is 0.238 e. The van der Waals surface area contributed by atoms with Crippen LogP contribution in [0.1, 0.15) is 0 Å². The molecule has 5 aromatic carbocycles. The van der Waals surface area contributed by atoms with Crippen LogP contribution in [0.15, 0.2) is 146 Å². The summed E-state index contributed by atoms with van der Waals surface area (Å²) < 4.78 is 4.52. The molecule has 0 radical (unpaired) electrons. The molecule has 0 spiro atoms. The van der Waals surface area contributed by atoms with Gasteiger partial charge in [-0.05, 0) is 30.3 Å². The SMILES string of the molecule is c1ccc(-c2nc(-c3ccccc3)nc(-n3c4ccccc4c4ccc5c(c6cnccc6n5-c5ccccc5)c43)n2)cc1. The average Bonchev–Trinajstić information content (AvgIpc) is 3.62. The van der Waals surface area contributed by atoms with E-state index in [1.165, 1.54) is 0 Å². The second kappa shape index (κ2) is 9.71. The molecule has 0 fully saturated rings. The number of aromatic nitrogens is 6. The Balaban J connectivity index is 1.46. The molecule has 0 aliphatic heterocycles. The molecule has 0 bridgehead atoms. The van der Waals surface area contributed by atoms with Gasteiger partial charge >= 0.3 is 0 Å². The Labute approximate surface area is 252 Å². The number of fused-ring (bicyclic) bond motifs is 7. The lowest BCUT2D eigenvalue weighted by Gasteiger charge is -2.11. The van der Waals surface area contributed by atoms with Crippen molar-refractivity contribution in [2.24, 2.45) is 0 Å². The summed E-state index contributed by atoms with van der Waals surface area (Å²) in [4.78, 5) is 19.8. The summed E-state index contributed by atoms with van der Waals surface area (Å²) in [5.74, 6) is 1.82. The zero-order valence-electron chi connectivity index (χ0n) is 23.5. The predicted octanol–water partition coefficient (Wildman–Crippen LogP) is 8.79. The number of pyridine rings is 1. The van der Waals surface area contributed by atoms with Crippen LogP contribution in [0.4, 0.5) is 0 Å². The lowest BCUT2D eigenvalue weighted by molar-refractivity contribution is 0.955. The molecule has 9 aromatic rings. The molecule has 0 aliphatic rings. The molecule has 0 atom stereocenters. The Morgan fingerprint density at radius 2 is 1.05 bits per heavy atom. The third-order valence-electron chi connectivity index (χ3n) is 8.27. The van der Waals surface area contributed by atoms with Gasteiger partial charge in [0.15, 0.2) is 11.6 Å². The molecular formula is C38H24N6. The second-order valence-electron chi connectivity index (χ2n) is 10.8. The van der Waals surface area contributed by atoms with Gasteiger partial charge in [0.05, 0.1) is 22.1 Å². The van der Waals surface area contributed by atoms with E-state index >= 15 is 0 Å². The van der Waals surface area contributed by atoms with Crippen LogP contribution in [0.3, 0.4) is 0 Å². The Morgan fingerprint density at radius 1 is 0.432 bits per heavy atom. The first-order valence-electron chi connectivity index (χ1n) is 14.6. The minimum absolute atomic E-state index is 0.570. The molecule has 4 aromatic heterocycles. The van der Waals surface area contributed by atoms with Crippen LogP contribution in [-0.4, -0.2) is 29.1 Å². The van der Waals surface area contributed by atoms with Gasteiger partial charge in [0.1, 0.15) is 0 Å². The largest absolute Gasteiger partial charge is 0.309 e. The van der Waals surface area contributed by atoms with Crippen molar-refractivity contribution in [1.29, 1.82) is 0 Å². The molecule has 206 valence electrons. The lowest BCUT2D eigenvalue weighted by atomic mass is 10.1. The number of rotatable bonds is 4. The molecule has 44 heavy (non-hydrogen) atoms. The number of benzene rings is 5. The van der Waals surface area contributed by atoms with Crippen molar-refractivity contribution in [1.82, 2.24) is 29.1 Å². The van der Waals surface area contributed by atoms with Gasteiger partial charge in [-0.15, -0.1) is 0 Å². The van der Waals surface area contributed by atoms with E-state index in [0.717, 1.165) is 60.4 Å². The minimum Gasteiger partial charge on any atom is -0.309 e. The van der Waals surface area contributed by atoms with Crippen molar-refractivity contribution in [2.75, 3.05) is 0 Å². The Bertz CT molecular complexity index is 2420. The number of nitrogens with zero attached hydrogens (tertiary/aromatic N) is 6. The van der Waals surface area contributed by atoms with E-state index in [1.54, 1.807) is 0 Å². The zero-order chi connectivity index (χ0) is 29.0. The van der Waals surface area contributed by atoms with Crippen molar-refractivity contribution in [3.63, 3.8) is 0 Å². The highest BCUT2D eigenvalue weighted by atomic mass is 15.2. The van der Waals surface area contributed by atoms with E-state index in [1.807, 2.05) is 79.1 Å². The summed E-state index contributed by atoms with van der Waals surface area (Å²) in [5, 5.41) is 4.44. The summed E-state index contributed by atoms with van der Waals surface area (Å²) in [7, 11) is 0. The van der Waals surface area contributed by atoms with Crippen LogP contribution in [0.5, 0.6) is 0 Å². The normalized spacial score (nSPS) is 11.6. The van der Waals surface area contributed by atoms with Crippen molar-refractivity contribution in [3.05, 3.63) is 146 Å². The van der Waals surface area contributed by atoms with E-state index < -0.39 is 0 Å². The van der Waals surface area contributed by atoms with Gasteiger partial charge in [0.2, 0.25) is 5.95 Å². The van der Waals surface area contributed by atoms with Gasteiger partial charge in [-0.1, -0.05) is 103 Å². The number of hydrogen-bond acceptors (Lipinski definition) is 4. The Hall–Kier alpha value is -6.14. The molecule has 4 heterocycles. The molecule has 9 rings (SSSR count). The monoisotopic (exact) mass is 564 g/mol. The molecule has 0 unspecified atom stereocenters. The highest BCUT2D eigenvalue weighted by Crippen LogP contribution is 2.41. The molecule has 0 N–H and O–H groups in total. The molecule has 6 nitrogen and oxygen atoms in total. The molecule has 0 saturated heterocycles. The molecule has 0 aliphatic carbocycles. The second-order valence-corrected chi connectivity index (χ2v) is 10.8. The van der Waals surface area contributed by atoms with Crippen LogP contribution in [0, 0.1) is 0 Å². The van der Waals surface area contributed by atoms with Gasteiger partial charge in [0.25, 0.3) is 0 Å². The molecule has 6 heteroatoms. The van der Waals surface area contributed by atoms with Crippen molar-refractivity contribution in [3.8, 4) is 34.4 Å². The summed E-state index contributed by atoms with van der Waals surface area (Å²) in [6.45, 7) is 0. The average molecular weight is 565 g/mol. The van der Waals surface area contributed by atoms with Crippen LogP contribution in [0.25, 0.3) is 78.0 Å². The van der Waals surface area contributed by atoms with Gasteiger partial charge in [-0.3, -0.25) is 9.55 Å². The fourth-order valence-corrected chi connectivity index (χ4v) is 6.36. The van der Waals surface area contributed by atoms with Gasteiger partial charge in [0, 0.05) is 50.8 Å². The van der Waals surface area contributed by atoms with Crippen LogP contribution in [-0.2, 0) is 0 Å². The van der Waals surface area contributed by atoms with Gasteiger partial charge < -0.3 is 4.57 Å². The fraction of sp³-hybridized carbons (Fsp3) is 0. The van der Waals surface area contributed by atoms with Gasteiger partial charge in [-0.25, -0.2) is 4.98 Å². The number of hydrogen-bond donors (Lipinski definition) is 0. The molecule has 0 saturated carbocycles. The summed E-state index contributed by atoms with van der Waals surface area (Å²) in [5.41, 5.74) is 7.23. The van der Waals surface area contributed by atoms with Crippen molar-refractivity contribution in [2.45, 2.75) is 0 Å².